The van der Waals surface area contributed by atoms with Crippen molar-refractivity contribution in [2.45, 2.75) is 71.8 Å². The Balaban J connectivity index is 1.99. The number of nitrogens with zero attached hydrogens (tertiary/aromatic N) is 3. The van der Waals surface area contributed by atoms with Crippen LogP contribution in [0.4, 0.5) is 5.69 Å². The molecule has 1 atom stereocenters. The molecule has 7 heteroatoms. The molecular weight excluding hydrogens is 362 g/mol. The SMILES string of the molecule is CCCCCCC(=O)N(CC)C(CCC)c1nn(Nc2cccc(Cl)c2)[nH]1. The fourth-order valence-electron chi connectivity index (χ4n) is 3.22. The molecule has 0 aliphatic carbocycles. The number of aromatic nitrogens is 3. The molecule has 2 rings (SSSR count). The van der Waals surface area contributed by atoms with Crippen molar-refractivity contribution in [1.29, 1.82) is 0 Å². The molecule has 0 aliphatic heterocycles. The van der Waals surface area contributed by atoms with Gasteiger partial charge in [0.05, 0.1) is 11.7 Å². The van der Waals surface area contributed by atoms with E-state index in [9.17, 15) is 4.79 Å². The highest BCUT2D eigenvalue weighted by Gasteiger charge is 2.27. The second kappa shape index (κ2) is 11.0. The van der Waals surface area contributed by atoms with E-state index < -0.39 is 0 Å². The predicted octanol–water partition coefficient (Wildman–Crippen LogP) is 5.40. The van der Waals surface area contributed by atoms with Gasteiger partial charge in [-0.15, -0.1) is 10.0 Å². The van der Waals surface area contributed by atoms with E-state index in [4.69, 9.17) is 11.6 Å². The van der Waals surface area contributed by atoms with E-state index in [-0.39, 0.29) is 11.9 Å². The first-order valence-corrected chi connectivity index (χ1v) is 10.4. The second-order valence-corrected chi connectivity index (χ2v) is 7.26. The van der Waals surface area contributed by atoms with Crippen LogP contribution in [0.25, 0.3) is 0 Å². The predicted molar refractivity (Wildman–Crippen MR) is 111 cm³/mol. The molecule has 1 heterocycles. The lowest BCUT2D eigenvalue weighted by molar-refractivity contribution is -0.134. The van der Waals surface area contributed by atoms with Crippen LogP contribution in [0.1, 0.15) is 77.6 Å². The summed E-state index contributed by atoms with van der Waals surface area (Å²) >= 11 is 6.01. The Hall–Kier alpha value is -1.95. The average Bonchev–Trinajstić information content (AvgIpc) is 2.61. The fourth-order valence-corrected chi connectivity index (χ4v) is 3.41. The number of rotatable bonds is 12. The van der Waals surface area contributed by atoms with Crippen molar-refractivity contribution < 1.29 is 4.79 Å². The molecule has 2 aromatic rings. The van der Waals surface area contributed by atoms with Gasteiger partial charge in [-0.2, -0.15) is 0 Å². The molecule has 0 bridgehead atoms. The number of unbranched alkanes of at least 4 members (excludes halogenated alkanes) is 3. The van der Waals surface area contributed by atoms with Gasteiger partial charge >= 0.3 is 0 Å². The first kappa shape index (κ1) is 21.4. The van der Waals surface area contributed by atoms with Gasteiger partial charge in [0.15, 0.2) is 5.82 Å². The molecule has 6 nitrogen and oxygen atoms in total. The third kappa shape index (κ3) is 6.31. The zero-order valence-electron chi connectivity index (χ0n) is 16.7. The maximum atomic E-state index is 12.7. The monoisotopic (exact) mass is 393 g/mol. The molecule has 0 radical (unpaired) electrons. The Labute approximate surface area is 167 Å². The fraction of sp³-hybridized carbons (Fsp3) is 0.600. The number of amides is 1. The lowest BCUT2D eigenvalue weighted by atomic mass is 10.1. The van der Waals surface area contributed by atoms with Crippen LogP contribution < -0.4 is 5.43 Å². The molecule has 1 aromatic carbocycles. The lowest BCUT2D eigenvalue weighted by Gasteiger charge is -2.32. The van der Waals surface area contributed by atoms with Crippen LogP contribution in [0.3, 0.4) is 0 Å². The molecule has 0 aliphatic rings. The number of nitrogens with one attached hydrogen (secondary N) is 2. The van der Waals surface area contributed by atoms with Crippen molar-refractivity contribution in [2.75, 3.05) is 12.0 Å². The zero-order chi connectivity index (χ0) is 19.6. The van der Waals surface area contributed by atoms with E-state index in [1.54, 1.807) is 4.91 Å². The van der Waals surface area contributed by atoms with Crippen LogP contribution in [0.2, 0.25) is 5.02 Å². The van der Waals surface area contributed by atoms with Crippen molar-refractivity contribution in [1.82, 2.24) is 20.0 Å². The van der Waals surface area contributed by atoms with Gasteiger partial charge in [-0.3, -0.25) is 10.2 Å². The highest BCUT2D eigenvalue weighted by atomic mass is 35.5. The molecule has 0 fully saturated rings. The third-order valence-corrected chi connectivity index (χ3v) is 4.88. The van der Waals surface area contributed by atoms with Gasteiger partial charge in [0, 0.05) is 18.0 Å². The van der Waals surface area contributed by atoms with Crippen LogP contribution in [-0.2, 0) is 4.79 Å². The Bertz CT molecular complexity index is 684. The van der Waals surface area contributed by atoms with E-state index in [1.165, 1.54) is 12.8 Å². The quantitative estimate of drug-likeness (QED) is 0.474. The van der Waals surface area contributed by atoms with Crippen molar-refractivity contribution in [3.8, 4) is 0 Å². The normalized spacial score (nSPS) is 12.1. The van der Waals surface area contributed by atoms with E-state index in [0.29, 0.717) is 18.0 Å². The van der Waals surface area contributed by atoms with E-state index in [1.807, 2.05) is 36.1 Å². The highest BCUT2D eigenvalue weighted by Crippen LogP contribution is 2.25. The molecule has 1 aromatic heterocycles. The van der Waals surface area contributed by atoms with Gasteiger partial charge in [-0.05, 0) is 38.0 Å². The van der Waals surface area contributed by atoms with Gasteiger partial charge in [0.25, 0.3) is 0 Å². The maximum Gasteiger partial charge on any atom is 0.223 e. The molecule has 0 saturated heterocycles. The van der Waals surface area contributed by atoms with Crippen LogP contribution in [0.5, 0.6) is 0 Å². The number of anilines is 1. The molecule has 0 spiro atoms. The number of H-pyrrole nitrogens is 1. The Morgan fingerprint density at radius 3 is 2.67 bits per heavy atom. The van der Waals surface area contributed by atoms with E-state index >= 15 is 0 Å². The summed E-state index contributed by atoms with van der Waals surface area (Å²) in [5.74, 6) is 1.05. The summed E-state index contributed by atoms with van der Waals surface area (Å²) in [5.41, 5.74) is 3.98. The van der Waals surface area contributed by atoms with Gasteiger partial charge in [0.2, 0.25) is 5.91 Å². The largest absolute Gasteiger partial charge is 0.333 e. The molecular formula is C20H32ClN5O. The topological polar surface area (TPSA) is 66.0 Å². The van der Waals surface area contributed by atoms with Crippen molar-refractivity contribution in [2.24, 2.45) is 0 Å². The second-order valence-electron chi connectivity index (χ2n) is 6.83. The van der Waals surface area contributed by atoms with Crippen molar-refractivity contribution in [3.05, 3.63) is 35.1 Å². The lowest BCUT2D eigenvalue weighted by Crippen LogP contribution is -2.39. The van der Waals surface area contributed by atoms with Crippen LogP contribution in [-0.4, -0.2) is 32.5 Å². The number of benzene rings is 1. The first-order chi connectivity index (χ1) is 13.1. The Kier molecular flexibility index (Phi) is 8.72. The number of aromatic amines is 1. The number of carbonyl (C=O) groups excluding carboxylic acids is 1. The molecule has 0 saturated carbocycles. The highest BCUT2D eigenvalue weighted by molar-refractivity contribution is 6.30. The Morgan fingerprint density at radius 1 is 1.26 bits per heavy atom. The van der Waals surface area contributed by atoms with Crippen LogP contribution in [0.15, 0.2) is 24.3 Å². The minimum atomic E-state index is -0.00362. The smallest absolute Gasteiger partial charge is 0.223 e. The average molecular weight is 394 g/mol. The summed E-state index contributed by atoms with van der Waals surface area (Å²) in [6.07, 6.45) is 6.96. The first-order valence-electron chi connectivity index (χ1n) is 10.1. The summed E-state index contributed by atoms with van der Waals surface area (Å²) in [6.45, 7) is 7.04. The molecule has 1 amide bonds. The summed E-state index contributed by atoms with van der Waals surface area (Å²) in [7, 11) is 0. The summed E-state index contributed by atoms with van der Waals surface area (Å²) in [5, 5.41) is 8.40. The molecule has 2 N–H and O–H groups in total. The van der Waals surface area contributed by atoms with Gasteiger partial charge in [-0.1, -0.05) is 57.2 Å². The molecule has 27 heavy (non-hydrogen) atoms. The van der Waals surface area contributed by atoms with Crippen molar-refractivity contribution in [3.63, 3.8) is 0 Å². The van der Waals surface area contributed by atoms with Crippen LogP contribution >= 0.6 is 11.6 Å². The number of carbonyl (C=O) groups is 1. The van der Waals surface area contributed by atoms with Crippen LogP contribution in [0, 0.1) is 0 Å². The number of hydrogen-bond donors (Lipinski definition) is 2. The zero-order valence-corrected chi connectivity index (χ0v) is 17.4. The van der Waals surface area contributed by atoms with Crippen molar-refractivity contribution >= 4 is 23.2 Å². The third-order valence-electron chi connectivity index (χ3n) is 4.65. The van der Waals surface area contributed by atoms with E-state index in [2.05, 4.69) is 29.5 Å². The summed E-state index contributed by atoms with van der Waals surface area (Å²) in [6, 6.07) is 7.45. The maximum absolute atomic E-state index is 12.7. The standard InChI is InChI=1S/C20H32ClN5O/c1-4-7-8-9-14-19(27)25(6-3)18(11-5-2)20-23-26(24-20)22-17-13-10-12-16(21)15-17/h10,12-13,15,18,22H,4-9,11,14H2,1-3H3,(H,23,24). The van der Waals surface area contributed by atoms with Gasteiger partial charge in [0.1, 0.15) is 0 Å². The minimum Gasteiger partial charge on any atom is -0.333 e. The number of hydrogen-bond acceptors (Lipinski definition) is 3. The molecule has 150 valence electrons. The minimum absolute atomic E-state index is 0.00362. The van der Waals surface area contributed by atoms with Gasteiger partial charge in [-0.25, -0.2) is 5.10 Å². The van der Waals surface area contributed by atoms with Gasteiger partial charge < -0.3 is 4.90 Å². The molecule has 1 unspecified atom stereocenters. The number of halogens is 1. The van der Waals surface area contributed by atoms with E-state index in [0.717, 1.165) is 37.2 Å². The summed E-state index contributed by atoms with van der Waals surface area (Å²) < 4.78 is 0. The Morgan fingerprint density at radius 2 is 2.04 bits per heavy atom. The summed E-state index contributed by atoms with van der Waals surface area (Å²) in [4.78, 5) is 16.2.